The molecule has 0 saturated carbocycles. The molecule has 5 nitrogen and oxygen atoms in total. The van der Waals surface area contributed by atoms with Crippen LogP contribution in [0.4, 0.5) is 17.6 Å². The van der Waals surface area contributed by atoms with Crippen LogP contribution in [0.2, 0.25) is 0 Å². The maximum Gasteiger partial charge on any atom is 0.315 e. The molecule has 1 amide bonds. The minimum absolute atomic E-state index is 0.285. The number of carbonyl (C=O) groups is 1. The third kappa shape index (κ3) is 6.79. The second-order valence-corrected chi connectivity index (χ2v) is 6.39. The summed E-state index contributed by atoms with van der Waals surface area (Å²) in [5, 5.41) is 15.1. The van der Waals surface area contributed by atoms with Gasteiger partial charge in [-0.1, -0.05) is 30.3 Å². The molecule has 9 heteroatoms. The molecular formula is C20H23F4N3O2. The Labute approximate surface area is 166 Å². The van der Waals surface area contributed by atoms with Crippen LogP contribution < -0.4 is 10.6 Å². The number of halogens is 4. The van der Waals surface area contributed by atoms with E-state index in [0.29, 0.717) is 19.5 Å². The van der Waals surface area contributed by atoms with Crippen molar-refractivity contribution in [3.05, 3.63) is 53.9 Å². The number of benzene rings is 1. The highest BCUT2D eigenvalue weighted by Crippen LogP contribution is 2.23. The van der Waals surface area contributed by atoms with Crippen molar-refractivity contribution in [3.63, 3.8) is 0 Å². The molecule has 0 unspecified atom stereocenters. The van der Waals surface area contributed by atoms with E-state index in [4.69, 9.17) is 0 Å². The summed E-state index contributed by atoms with van der Waals surface area (Å²) in [7, 11) is 0. The van der Waals surface area contributed by atoms with Crippen molar-refractivity contribution in [1.82, 2.24) is 15.6 Å². The molecule has 158 valence electrons. The van der Waals surface area contributed by atoms with Gasteiger partial charge in [-0.25, -0.2) is 4.39 Å². The standard InChI is InChI=1S/C20H23F4N3O2/c21-8-1-9-25-12-16-7-6-15(11-26-16)13-2-4-14(5-3-13)18(28)17(10-22)27-20(29)19(23)24/h2-7,11,17-19,25,28H,1,8-10,12H2,(H,27,29)/t17-,18-/m0/s1. The molecule has 3 N–H and O–H groups in total. The minimum atomic E-state index is -3.28. The predicted octanol–water partition coefficient (Wildman–Crippen LogP) is 2.95. The monoisotopic (exact) mass is 413 g/mol. The van der Waals surface area contributed by atoms with Gasteiger partial charge in [0.2, 0.25) is 0 Å². The fourth-order valence-electron chi connectivity index (χ4n) is 2.66. The second-order valence-electron chi connectivity index (χ2n) is 6.39. The van der Waals surface area contributed by atoms with E-state index in [-0.39, 0.29) is 12.2 Å². The Hall–Kier alpha value is -2.52. The van der Waals surface area contributed by atoms with E-state index < -0.39 is 31.2 Å². The smallest absolute Gasteiger partial charge is 0.315 e. The zero-order chi connectivity index (χ0) is 21.2. The van der Waals surface area contributed by atoms with Crippen molar-refractivity contribution in [2.24, 2.45) is 0 Å². The molecule has 1 aromatic heterocycles. The Morgan fingerprint density at radius 3 is 2.31 bits per heavy atom. The largest absolute Gasteiger partial charge is 0.386 e. The highest BCUT2D eigenvalue weighted by atomic mass is 19.3. The van der Waals surface area contributed by atoms with Gasteiger partial charge >= 0.3 is 6.43 Å². The number of carbonyl (C=O) groups excluding carboxylic acids is 1. The van der Waals surface area contributed by atoms with Crippen LogP contribution >= 0.6 is 0 Å². The molecule has 1 aromatic carbocycles. The van der Waals surface area contributed by atoms with Crippen molar-refractivity contribution in [2.45, 2.75) is 31.5 Å². The third-order valence-electron chi connectivity index (χ3n) is 4.28. The maximum absolute atomic E-state index is 13.1. The zero-order valence-electron chi connectivity index (χ0n) is 15.6. The number of amides is 1. The van der Waals surface area contributed by atoms with Crippen LogP contribution in [-0.2, 0) is 11.3 Å². The quantitative estimate of drug-likeness (QED) is 0.391. The summed E-state index contributed by atoms with van der Waals surface area (Å²) in [5.74, 6) is -1.63. The van der Waals surface area contributed by atoms with Gasteiger partial charge in [-0.15, -0.1) is 0 Å². The van der Waals surface area contributed by atoms with Crippen LogP contribution in [0.1, 0.15) is 23.8 Å². The first-order valence-electron chi connectivity index (χ1n) is 9.10. The lowest BCUT2D eigenvalue weighted by molar-refractivity contribution is -0.133. The van der Waals surface area contributed by atoms with Crippen LogP contribution in [0.3, 0.4) is 0 Å². The van der Waals surface area contributed by atoms with Crippen LogP contribution in [0.5, 0.6) is 0 Å². The second kappa shape index (κ2) is 11.5. The Balaban J connectivity index is 2.00. The van der Waals surface area contributed by atoms with Gasteiger partial charge in [-0.05, 0) is 30.2 Å². The number of nitrogens with one attached hydrogen (secondary N) is 2. The van der Waals surface area contributed by atoms with Crippen molar-refractivity contribution in [2.75, 3.05) is 19.9 Å². The number of aliphatic hydroxyl groups excluding tert-OH is 1. The lowest BCUT2D eigenvalue weighted by Gasteiger charge is -2.22. The van der Waals surface area contributed by atoms with E-state index >= 15 is 0 Å². The topological polar surface area (TPSA) is 74.2 Å². The zero-order valence-corrected chi connectivity index (χ0v) is 15.6. The average molecular weight is 413 g/mol. The lowest BCUT2D eigenvalue weighted by atomic mass is 9.99. The number of rotatable bonds is 11. The van der Waals surface area contributed by atoms with Gasteiger partial charge in [0, 0.05) is 18.3 Å². The minimum Gasteiger partial charge on any atom is -0.386 e. The predicted molar refractivity (Wildman–Crippen MR) is 101 cm³/mol. The van der Waals surface area contributed by atoms with Crippen molar-refractivity contribution < 1.29 is 27.5 Å². The van der Waals surface area contributed by atoms with E-state index in [0.717, 1.165) is 16.8 Å². The third-order valence-corrected chi connectivity index (χ3v) is 4.28. The molecule has 0 saturated heterocycles. The molecule has 2 rings (SSSR count). The SMILES string of the molecule is O=C(N[C@@H](CF)[C@@H](O)c1ccc(-c2ccc(CNCCCF)nc2)cc1)C(F)F. The van der Waals surface area contributed by atoms with E-state index in [1.807, 2.05) is 12.1 Å². The molecule has 0 aliphatic heterocycles. The molecule has 2 aromatic rings. The number of hydrogen-bond acceptors (Lipinski definition) is 4. The van der Waals surface area contributed by atoms with E-state index in [2.05, 4.69) is 10.3 Å². The molecule has 0 spiro atoms. The Morgan fingerprint density at radius 1 is 1.07 bits per heavy atom. The van der Waals surface area contributed by atoms with Crippen LogP contribution in [-0.4, -0.2) is 48.4 Å². The number of hydrogen-bond donors (Lipinski definition) is 3. The van der Waals surface area contributed by atoms with Gasteiger partial charge in [0.15, 0.2) is 0 Å². The van der Waals surface area contributed by atoms with Gasteiger partial charge in [0.1, 0.15) is 12.8 Å². The number of aromatic nitrogens is 1. The van der Waals surface area contributed by atoms with Gasteiger partial charge in [-0.3, -0.25) is 14.2 Å². The number of nitrogens with zero attached hydrogens (tertiary/aromatic N) is 1. The molecule has 1 heterocycles. The van der Waals surface area contributed by atoms with Crippen LogP contribution in [0.25, 0.3) is 11.1 Å². The maximum atomic E-state index is 13.1. The molecule has 0 aliphatic carbocycles. The van der Waals surface area contributed by atoms with Gasteiger partial charge in [0.25, 0.3) is 5.91 Å². The molecule has 0 radical (unpaired) electrons. The first-order valence-corrected chi connectivity index (χ1v) is 9.10. The Morgan fingerprint density at radius 2 is 1.76 bits per heavy atom. The fourth-order valence-corrected chi connectivity index (χ4v) is 2.66. The summed E-state index contributed by atoms with van der Waals surface area (Å²) in [4.78, 5) is 15.4. The number of pyridine rings is 1. The molecule has 0 bridgehead atoms. The van der Waals surface area contributed by atoms with Gasteiger partial charge in [0.05, 0.1) is 18.4 Å². The van der Waals surface area contributed by atoms with Crippen LogP contribution in [0, 0.1) is 0 Å². The van der Waals surface area contributed by atoms with Crippen molar-refractivity contribution in [1.29, 1.82) is 0 Å². The van der Waals surface area contributed by atoms with Crippen LogP contribution in [0.15, 0.2) is 42.6 Å². The van der Waals surface area contributed by atoms with E-state index in [1.54, 1.807) is 23.6 Å². The molecular weight excluding hydrogens is 390 g/mol. The van der Waals surface area contributed by atoms with Crippen molar-refractivity contribution in [3.8, 4) is 11.1 Å². The number of aliphatic hydroxyl groups is 1. The summed E-state index contributed by atoms with van der Waals surface area (Å²) in [6.07, 6.45) is -2.63. The lowest BCUT2D eigenvalue weighted by Crippen LogP contribution is -2.43. The molecule has 2 atom stereocenters. The molecule has 0 aliphatic rings. The average Bonchev–Trinajstić information content (AvgIpc) is 2.75. The highest BCUT2D eigenvalue weighted by molar-refractivity contribution is 5.79. The Kier molecular flexibility index (Phi) is 9.01. The van der Waals surface area contributed by atoms with E-state index in [1.165, 1.54) is 12.1 Å². The molecule has 0 fully saturated rings. The van der Waals surface area contributed by atoms with Crippen molar-refractivity contribution >= 4 is 5.91 Å². The first kappa shape index (κ1) is 22.8. The van der Waals surface area contributed by atoms with E-state index in [9.17, 15) is 27.5 Å². The Bertz CT molecular complexity index is 757. The summed E-state index contributed by atoms with van der Waals surface area (Å²) in [5.41, 5.74) is 2.69. The van der Waals surface area contributed by atoms with Gasteiger partial charge in [-0.2, -0.15) is 8.78 Å². The summed E-state index contributed by atoms with van der Waals surface area (Å²) < 4.78 is 49.8. The summed E-state index contributed by atoms with van der Waals surface area (Å²) >= 11 is 0. The normalized spacial score (nSPS) is 13.3. The fraction of sp³-hybridized carbons (Fsp3) is 0.400. The number of alkyl halides is 4. The highest BCUT2D eigenvalue weighted by Gasteiger charge is 2.26. The summed E-state index contributed by atoms with van der Waals surface area (Å²) in [6, 6.07) is 8.65. The first-order chi connectivity index (χ1) is 14.0. The molecule has 29 heavy (non-hydrogen) atoms. The summed E-state index contributed by atoms with van der Waals surface area (Å²) in [6.45, 7) is -0.456. The van der Waals surface area contributed by atoms with Gasteiger partial charge < -0.3 is 15.7 Å².